The number of nitrogens with one attached hydrogen (secondary N) is 1. The average Bonchev–Trinajstić information content (AvgIpc) is 2.67. The highest BCUT2D eigenvalue weighted by Crippen LogP contribution is 2.23. The smallest absolute Gasteiger partial charge is 0.227 e. The third-order valence-corrected chi connectivity index (χ3v) is 5.14. The molecule has 138 valence electrons. The van der Waals surface area contributed by atoms with Crippen molar-refractivity contribution in [2.24, 2.45) is 0 Å². The first-order valence-corrected chi connectivity index (χ1v) is 9.68. The molecule has 0 radical (unpaired) electrons. The van der Waals surface area contributed by atoms with E-state index < -0.39 is 0 Å². The molecule has 1 aliphatic heterocycles. The lowest BCUT2D eigenvalue weighted by Gasteiger charge is -2.35. The van der Waals surface area contributed by atoms with Gasteiger partial charge < -0.3 is 15.1 Å². The van der Waals surface area contributed by atoms with Gasteiger partial charge in [0.15, 0.2) is 5.82 Å². The van der Waals surface area contributed by atoms with Crippen molar-refractivity contribution in [2.45, 2.75) is 39.5 Å². The molecule has 0 bridgehead atoms. The Morgan fingerprint density at radius 3 is 2.54 bits per heavy atom. The maximum absolute atomic E-state index is 4.66. The predicted molar refractivity (Wildman–Crippen MR) is 104 cm³/mol. The highest BCUT2D eigenvalue weighted by molar-refractivity contribution is 5.47. The number of aromatic nitrogens is 4. The maximum Gasteiger partial charge on any atom is 0.227 e. The first-order chi connectivity index (χ1) is 12.7. The van der Waals surface area contributed by atoms with Crippen molar-refractivity contribution in [1.29, 1.82) is 0 Å². The summed E-state index contributed by atoms with van der Waals surface area (Å²) in [5, 5.41) is 12.2. The van der Waals surface area contributed by atoms with E-state index in [1.54, 1.807) is 0 Å². The van der Waals surface area contributed by atoms with Crippen LogP contribution in [0.15, 0.2) is 12.1 Å². The van der Waals surface area contributed by atoms with Crippen molar-refractivity contribution in [3.63, 3.8) is 0 Å². The monoisotopic (exact) mass is 353 g/mol. The molecule has 7 nitrogen and oxygen atoms in total. The average molecular weight is 353 g/mol. The summed E-state index contributed by atoms with van der Waals surface area (Å²) in [6, 6.07) is 4.25. The van der Waals surface area contributed by atoms with Gasteiger partial charge in [-0.3, -0.25) is 0 Å². The third kappa shape index (κ3) is 3.57. The van der Waals surface area contributed by atoms with Crippen LogP contribution in [-0.2, 0) is 12.8 Å². The summed E-state index contributed by atoms with van der Waals surface area (Å²) in [4.78, 5) is 13.9. The molecule has 4 rings (SSSR count). The second kappa shape index (κ2) is 7.43. The molecule has 2 aliphatic rings. The van der Waals surface area contributed by atoms with Crippen LogP contribution in [0.3, 0.4) is 0 Å². The zero-order valence-corrected chi connectivity index (χ0v) is 15.7. The molecule has 1 aliphatic carbocycles. The Morgan fingerprint density at radius 1 is 0.962 bits per heavy atom. The molecule has 3 heterocycles. The molecular formula is C19H27N7. The van der Waals surface area contributed by atoms with Gasteiger partial charge in [0.05, 0.1) is 5.69 Å². The molecular weight excluding hydrogens is 326 g/mol. The number of rotatable bonds is 4. The summed E-state index contributed by atoms with van der Waals surface area (Å²) >= 11 is 0. The molecule has 0 unspecified atom stereocenters. The number of hydrogen-bond acceptors (Lipinski definition) is 7. The van der Waals surface area contributed by atoms with Gasteiger partial charge in [-0.25, -0.2) is 4.98 Å². The molecule has 2 aromatic rings. The Kier molecular flexibility index (Phi) is 4.86. The van der Waals surface area contributed by atoms with Gasteiger partial charge in [0, 0.05) is 44.5 Å². The Labute approximate surface area is 154 Å². The van der Waals surface area contributed by atoms with E-state index in [1.165, 1.54) is 24.1 Å². The van der Waals surface area contributed by atoms with E-state index in [0.29, 0.717) is 0 Å². The number of hydrogen-bond donors (Lipinski definition) is 1. The molecule has 2 aromatic heterocycles. The summed E-state index contributed by atoms with van der Waals surface area (Å²) in [7, 11) is 0. The fourth-order valence-electron chi connectivity index (χ4n) is 3.73. The van der Waals surface area contributed by atoms with Crippen LogP contribution in [0.2, 0.25) is 0 Å². The van der Waals surface area contributed by atoms with E-state index in [4.69, 9.17) is 0 Å². The van der Waals surface area contributed by atoms with E-state index in [1.807, 2.05) is 13.0 Å². The van der Waals surface area contributed by atoms with Gasteiger partial charge in [-0.2, -0.15) is 10.1 Å². The molecule has 26 heavy (non-hydrogen) atoms. The lowest BCUT2D eigenvalue weighted by atomic mass is 9.97. The highest BCUT2D eigenvalue weighted by atomic mass is 15.4. The lowest BCUT2D eigenvalue weighted by Crippen LogP contribution is -2.47. The second-order valence-corrected chi connectivity index (χ2v) is 7.08. The molecule has 1 fully saturated rings. The summed E-state index contributed by atoms with van der Waals surface area (Å²) in [5.41, 5.74) is 3.58. The minimum Gasteiger partial charge on any atom is -0.370 e. The SMILES string of the molecule is CCNc1cc(C)nc(N2CCN(c3cc4c(nn3)CCCC4)CC2)n1. The lowest BCUT2D eigenvalue weighted by molar-refractivity contribution is 0.618. The topological polar surface area (TPSA) is 70.1 Å². The van der Waals surface area contributed by atoms with E-state index in [0.717, 1.165) is 68.8 Å². The van der Waals surface area contributed by atoms with E-state index in [-0.39, 0.29) is 0 Å². The molecule has 0 amide bonds. The van der Waals surface area contributed by atoms with E-state index in [9.17, 15) is 0 Å². The van der Waals surface area contributed by atoms with Gasteiger partial charge >= 0.3 is 0 Å². The van der Waals surface area contributed by atoms with Gasteiger partial charge in [-0.15, -0.1) is 5.10 Å². The zero-order chi connectivity index (χ0) is 17.9. The van der Waals surface area contributed by atoms with Crippen molar-refractivity contribution in [3.8, 4) is 0 Å². The van der Waals surface area contributed by atoms with Gasteiger partial charge in [0.25, 0.3) is 0 Å². The molecule has 7 heteroatoms. The van der Waals surface area contributed by atoms with Crippen LogP contribution in [-0.4, -0.2) is 52.9 Å². The number of nitrogens with zero attached hydrogens (tertiary/aromatic N) is 6. The fourth-order valence-corrected chi connectivity index (χ4v) is 3.73. The maximum atomic E-state index is 4.66. The Balaban J connectivity index is 1.44. The first-order valence-electron chi connectivity index (χ1n) is 9.68. The van der Waals surface area contributed by atoms with Crippen LogP contribution >= 0.6 is 0 Å². The normalized spacial score (nSPS) is 17.2. The van der Waals surface area contributed by atoms with Crippen molar-refractivity contribution < 1.29 is 0 Å². The van der Waals surface area contributed by atoms with Crippen molar-refractivity contribution in [3.05, 3.63) is 29.1 Å². The molecule has 1 saturated heterocycles. The quantitative estimate of drug-likeness (QED) is 0.903. The van der Waals surface area contributed by atoms with Crippen molar-refractivity contribution in [2.75, 3.05) is 47.8 Å². The first kappa shape index (κ1) is 17.0. The van der Waals surface area contributed by atoms with Crippen LogP contribution in [0.5, 0.6) is 0 Å². The minimum atomic E-state index is 0.817. The van der Waals surface area contributed by atoms with E-state index in [2.05, 4.69) is 48.3 Å². The van der Waals surface area contributed by atoms with Crippen LogP contribution in [0.4, 0.5) is 17.6 Å². The zero-order valence-electron chi connectivity index (χ0n) is 15.7. The molecule has 1 N–H and O–H groups in total. The van der Waals surface area contributed by atoms with Crippen LogP contribution in [0.25, 0.3) is 0 Å². The molecule has 0 atom stereocenters. The molecule has 0 spiro atoms. The van der Waals surface area contributed by atoms with Gasteiger partial charge in [-0.1, -0.05) is 0 Å². The minimum absolute atomic E-state index is 0.817. The second-order valence-electron chi connectivity index (χ2n) is 7.08. The van der Waals surface area contributed by atoms with Gasteiger partial charge in [-0.05, 0) is 51.2 Å². The summed E-state index contributed by atoms with van der Waals surface area (Å²) in [5.74, 6) is 2.74. The number of aryl methyl sites for hydroxylation is 3. The number of anilines is 3. The Morgan fingerprint density at radius 2 is 1.73 bits per heavy atom. The number of fused-ring (bicyclic) bond motifs is 1. The summed E-state index contributed by atoms with van der Waals surface area (Å²) in [6.45, 7) is 8.59. The van der Waals surface area contributed by atoms with Crippen molar-refractivity contribution in [1.82, 2.24) is 20.2 Å². The van der Waals surface area contributed by atoms with Crippen LogP contribution < -0.4 is 15.1 Å². The van der Waals surface area contributed by atoms with Gasteiger partial charge in [0.1, 0.15) is 5.82 Å². The third-order valence-electron chi connectivity index (χ3n) is 5.14. The molecule has 0 aromatic carbocycles. The Hall–Kier alpha value is -2.44. The highest BCUT2D eigenvalue weighted by Gasteiger charge is 2.22. The van der Waals surface area contributed by atoms with E-state index >= 15 is 0 Å². The van der Waals surface area contributed by atoms with Gasteiger partial charge in [0.2, 0.25) is 5.95 Å². The van der Waals surface area contributed by atoms with Crippen molar-refractivity contribution >= 4 is 17.6 Å². The fraction of sp³-hybridized carbons (Fsp3) is 0.579. The van der Waals surface area contributed by atoms with Crippen LogP contribution in [0.1, 0.15) is 36.7 Å². The summed E-state index contributed by atoms with van der Waals surface area (Å²) < 4.78 is 0. The van der Waals surface area contributed by atoms with Crippen LogP contribution in [0, 0.1) is 6.92 Å². The molecule has 0 saturated carbocycles. The largest absolute Gasteiger partial charge is 0.370 e. The standard InChI is InChI=1S/C19H27N7/c1-3-20-17-12-14(2)21-19(22-17)26-10-8-25(9-11-26)18-13-15-6-4-5-7-16(15)23-24-18/h12-13H,3-11H2,1-2H3,(H,20,21,22). The summed E-state index contributed by atoms with van der Waals surface area (Å²) in [6.07, 6.45) is 4.73. The Bertz CT molecular complexity index is 768. The number of piperazine rings is 1. The predicted octanol–water partition coefficient (Wildman–Crippen LogP) is 2.21.